The van der Waals surface area contributed by atoms with E-state index in [1.54, 1.807) is 0 Å². The lowest BCUT2D eigenvalue weighted by Crippen LogP contribution is -2.56. The van der Waals surface area contributed by atoms with Crippen LogP contribution in [0.3, 0.4) is 0 Å². The topological polar surface area (TPSA) is 9.23 Å². The predicted octanol–water partition coefficient (Wildman–Crippen LogP) is 5.82. The maximum absolute atomic E-state index is 6.20. The molecule has 2 rings (SSSR count). The van der Waals surface area contributed by atoms with E-state index in [-0.39, 0.29) is 11.5 Å². The van der Waals surface area contributed by atoms with E-state index in [0.29, 0.717) is 9.85 Å². The first kappa shape index (κ1) is 14.7. The van der Waals surface area contributed by atoms with Crippen LogP contribution < -0.4 is 4.74 Å². The zero-order chi connectivity index (χ0) is 13.3. The molecule has 1 fully saturated rings. The molecule has 0 aromatic heterocycles. The van der Waals surface area contributed by atoms with Crippen LogP contribution in [0, 0.1) is 5.41 Å². The summed E-state index contributed by atoms with van der Waals surface area (Å²) in [6.45, 7) is 4.47. The van der Waals surface area contributed by atoms with Crippen molar-refractivity contribution in [3.63, 3.8) is 0 Å². The molecule has 1 aromatic rings. The predicted molar refractivity (Wildman–Crippen MR) is 83.9 cm³/mol. The number of ether oxygens (including phenoxy) is 1. The van der Waals surface area contributed by atoms with Crippen LogP contribution >= 0.6 is 43.5 Å². The van der Waals surface area contributed by atoms with E-state index in [4.69, 9.17) is 16.3 Å². The van der Waals surface area contributed by atoms with Gasteiger partial charge in [0, 0.05) is 14.7 Å². The molecule has 1 saturated carbocycles. The average molecular weight is 397 g/mol. The molecule has 100 valence electrons. The van der Waals surface area contributed by atoms with Gasteiger partial charge in [0.15, 0.2) is 0 Å². The molecule has 0 bridgehead atoms. The Kier molecular flexibility index (Phi) is 4.66. The molecule has 0 spiro atoms. The van der Waals surface area contributed by atoms with Crippen molar-refractivity contribution in [3.8, 4) is 5.75 Å². The summed E-state index contributed by atoms with van der Waals surface area (Å²) < 4.78 is 7.10. The number of alkyl halides is 1. The van der Waals surface area contributed by atoms with E-state index < -0.39 is 0 Å². The molecule has 0 radical (unpaired) electrons. The van der Waals surface area contributed by atoms with Gasteiger partial charge in [0.05, 0.1) is 5.02 Å². The molecule has 0 heterocycles. The Balaban J connectivity index is 2.15. The van der Waals surface area contributed by atoms with Crippen LogP contribution in [0.1, 0.15) is 33.1 Å². The second kappa shape index (κ2) is 5.72. The molecule has 1 nitrogen and oxygen atoms in total. The van der Waals surface area contributed by atoms with Gasteiger partial charge in [0.25, 0.3) is 0 Å². The molecule has 0 N–H and O–H groups in total. The third kappa shape index (κ3) is 2.46. The minimum absolute atomic E-state index is 0.246. The zero-order valence-corrected chi connectivity index (χ0v) is 14.5. The first-order valence-electron chi connectivity index (χ1n) is 6.29. The summed E-state index contributed by atoms with van der Waals surface area (Å²) in [5, 5.41) is 0.670. The Labute approximate surface area is 130 Å². The smallest absolute Gasteiger partial charge is 0.138 e. The first-order chi connectivity index (χ1) is 8.53. The number of hydrogen-bond acceptors (Lipinski definition) is 1. The van der Waals surface area contributed by atoms with Gasteiger partial charge in [-0.1, -0.05) is 57.3 Å². The van der Waals surface area contributed by atoms with E-state index >= 15 is 0 Å². The van der Waals surface area contributed by atoms with Gasteiger partial charge < -0.3 is 4.74 Å². The Morgan fingerprint density at radius 1 is 1.39 bits per heavy atom. The fourth-order valence-electron chi connectivity index (χ4n) is 2.74. The van der Waals surface area contributed by atoms with Gasteiger partial charge in [-0.2, -0.15) is 0 Å². The van der Waals surface area contributed by atoms with Crippen LogP contribution in [0.25, 0.3) is 0 Å². The summed E-state index contributed by atoms with van der Waals surface area (Å²) in [5.41, 5.74) is 0.246. The molecular weight excluding hydrogens is 379 g/mol. The first-order valence-corrected chi connectivity index (χ1v) is 8.38. The molecular formula is C14H17Br2ClO. The van der Waals surface area contributed by atoms with E-state index in [9.17, 15) is 0 Å². The van der Waals surface area contributed by atoms with Gasteiger partial charge in [-0.15, -0.1) is 0 Å². The molecule has 1 aromatic carbocycles. The molecule has 0 saturated heterocycles. The normalized spacial score (nSPS) is 25.6. The van der Waals surface area contributed by atoms with Crippen molar-refractivity contribution in [1.82, 2.24) is 0 Å². The number of halogens is 3. The number of rotatable bonds is 4. The summed E-state index contributed by atoms with van der Waals surface area (Å²) in [4.78, 5) is 0.555. The maximum atomic E-state index is 6.20. The van der Waals surface area contributed by atoms with Crippen molar-refractivity contribution in [2.45, 2.75) is 44.0 Å². The highest BCUT2D eigenvalue weighted by Gasteiger charge is 2.53. The highest BCUT2D eigenvalue weighted by atomic mass is 79.9. The van der Waals surface area contributed by atoms with Crippen LogP contribution in [0.2, 0.25) is 5.02 Å². The van der Waals surface area contributed by atoms with Crippen LogP contribution in [-0.4, -0.2) is 10.9 Å². The Morgan fingerprint density at radius 3 is 2.56 bits per heavy atom. The minimum atomic E-state index is 0.246. The molecule has 1 aliphatic rings. The molecule has 1 aliphatic carbocycles. The third-order valence-electron chi connectivity index (χ3n) is 4.17. The largest absolute Gasteiger partial charge is 0.488 e. The molecule has 0 amide bonds. The standard InChI is InChI=1S/C14H17Br2ClO/c1-3-14(4-2)12(16)8-13(14)18-11-6-5-9(15)7-10(11)17/h5-7,12-13H,3-4,8H2,1-2H3. The van der Waals surface area contributed by atoms with Crippen LogP contribution in [0.15, 0.2) is 22.7 Å². The van der Waals surface area contributed by atoms with Crippen LogP contribution in [0.5, 0.6) is 5.75 Å². The number of hydrogen-bond donors (Lipinski definition) is 0. The molecule has 0 aliphatic heterocycles. The van der Waals surface area contributed by atoms with Crippen molar-refractivity contribution in [1.29, 1.82) is 0 Å². The second-order valence-electron chi connectivity index (χ2n) is 4.82. The Morgan fingerprint density at radius 2 is 2.06 bits per heavy atom. The van der Waals surface area contributed by atoms with Crippen molar-refractivity contribution >= 4 is 43.5 Å². The van der Waals surface area contributed by atoms with Gasteiger partial charge in [-0.3, -0.25) is 0 Å². The highest BCUT2D eigenvalue weighted by Crippen LogP contribution is 2.53. The lowest BCUT2D eigenvalue weighted by Gasteiger charge is -2.52. The highest BCUT2D eigenvalue weighted by molar-refractivity contribution is 9.10. The fourth-order valence-corrected chi connectivity index (χ4v) is 4.74. The lowest BCUT2D eigenvalue weighted by atomic mass is 9.62. The molecule has 2 atom stereocenters. The minimum Gasteiger partial charge on any atom is -0.488 e. The summed E-state index contributed by atoms with van der Waals surface area (Å²) in [6.07, 6.45) is 3.56. The van der Waals surface area contributed by atoms with E-state index in [1.807, 2.05) is 18.2 Å². The van der Waals surface area contributed by atoms with E-state index in [2.05, 4.69) is 45.7 Å². The molecule has 4 heteroatoms. The van der Waals surface area contributed by atoms with E-state index in [1.165, 1.54) is 0 Å². The number of benzene rings is 1. The summed E-state index contributed by atoms with van der Waals surface area (Å²) in [7, 11) is 0. The van der Waals surface area contributed by atoms with Gasteiger partial charge in [0.2, 0.25) is 0 Å². The van der Waals surface area contributed by atoms with Crippen molar-refractivity contribution in [3.05, 3.63) is 27.7 Å². The molecule has 2 unspecified atom stereocenters. The van der Waals surface area contributed by atoms with Gasteiger partial charge >= 0.3 is 0 Å². The van der Waals surface area contributed by atoms with Gasteiger partial charge in [0.1, 0.15) is 11.9 Å². The van der Waals surface area contributed by atoms with Crippen LogP contribution in [-0.2, 0) is 0 Å². The third-order valence-corrected chi connectivity index (χ3v) is 6.24. The van der Waals surface area contributed by atoms with Gasteiger partial charge in [-0.25, -0.2) is 0 Å². The Hall–Kier alpha value is 0.270. The molecule has 18 heavy (non-hydrogen) atoms. The lowest BCUT2D eigenvalue weighted by molar-refractivity contribution is -0.0410. The average Bonchev–Trinajstić information content (AvgIpc) is 2.33. The summed E-state index contributed by atoms with van der Waals surface area (Å²) >= 11 is 13.4. The van der Waals surface area contributed by atoms with Crippen LogP contribution in [0.4, 0.5) is 0 Å². The second-order valence-corrected chi connectivity index (χ2v) is 7.25. The van der Waals surface area contributed by atoms with Crippen molar-refractivity contribution < 1.29 is 4.74 Å². The maximum Gasteiger partial charge on any atom is 0.138 e. The Bertz CT molecular complexity index is 432. The van der Waals surface area contributed by atoms with Crippen molar-refractivity contribution in [2.24, 2.45) is 5.41 Å². The van der Waals surface area contributed by atoms with Crippen molar-refractivity contribution in [2.75, 3.05) is 0 Å². The quantitative estimate of drug-likeness (QED) is 0.583. The SMILES string of the molecule is CCC1(CC)C(Br)CC1Oc1ccc(Br)cc1Cl. The van der Waals surface area contributed by atoms with E-state index in [0.717, 1.165) is 29.5 Å². The summed E-state index contributed by atoms with van der Waals surface area (Å²) in [6, 6.07) is 5.77. The monoisotopic (exact) mass is 394 g/mol. The summed E-state index contributed by atoms with van der Waals surface area (Å²) in [5.74, 6) is 0.788. The van der Waals surface area contributed by atoms with Gasteiger partial charge in [-0.05, 0) is 37.5 Å². The zero-order valence-electron chi connectivity index (χ0n) is 10.6. The fraction of sp³-hybridized carbons (Fsp3) is 0.571.